The summed E-state index contributed by atoms with van der Waals surface area (Å²) in [6.07, 6.45) is 0. The number of imidazole rings is 1. The Morgan fingerprint density at radius 2 is 1.59 bits per heavy atom. The lowest BCUT2D eigenvalue weighted by Gasteiger charge is -2.19. The van der Waals surface area contributed by atoms with Crippen molar-refractivity contribution in [1.29, 1.82) is 0 Å². The molecule has 0 unspecified atom stereocenters. The number of aromatic nitrogens is 2. The molecule has 4 nitrogen and oxygen atoms in total. The van der Waals surface area contributed by atoms with Crippen molar-refractivity contribution in [1.82, 2.24) is 9.55 Å². The van der Waals surface area contributed by atoms with E-state index in [2.05, 4.69) is 70.3 Å². The zero-order chi connectivity index (χ0) is 22.9. The summed E-state index contributed by atoms with van der Waals surface area (Å²) in [4.78, 5) is 18.0. The van der Waals surface area contributed by atoms with Crippen LogP contribution in [0.15, 0.2) is 72.8 Å². The Morgan fingerprint density at radius 3 is 2.28 bits per heavy atom. The third kappa shape index (κ3) is 4.45. The van der Waals surface area contributed by atoms with Gasteiger partial charge in [-0.25, -0.2) is 4.98 Å². The summed E-state index contributed by atoms with van der Waals surface area (Å²) in [5.41, 5.74) is 6.20. The van der Waals surface area contributed by atoms with Crippen LogP contribution in [0, 0.1) is 0 Å². The first-order valence-corrected chi connectivity index (χ1v) is 11.2. The molecule has 0 spiro atoms. The quantitative estimate of drug-likeness (QED) is 0.384. The van der Waals surface area contributed by atoms with E-state index < -0.39 is 0 Å². The molecular formula is C28H31N3O. The summed E-state index contributed by atoms with van der Waals surface area (Å²) in [6.45, 7) is 11.1. The van der Waals surface area contributed by atoms with E-state index >= 15 is 0 Å². The van der Waals surface area contributed by atoms with Crippen molar-refractivity contribution in [2.45, 2.75) is 52.5 Å². The SMILES string of the molecule is CC(C)c1ccccc1NC(=O)Cn1c(-c2ccc(C(C)(C)C)cc2)nc2ccccc21. The molecule has 0 saturated heterocycles. The van der Waals surface area contributed by atoms with E-state index in [9.17, 15) is 4.79 Å². The number of carbonyl (C=O) groups is 1. The van der Waals surface area contributed by atoms with Gasteiger partial charge in [-0.3, -0.25) is 4.79 Å². The summed E-state index contributed by atoms with van der Waals surface area (Å²) < 4.78 is 2.01. The van der Waals surface area contributed by atoms with Crippen LogP contribution in [-0.4, -0.2) is 15.5 Å². The van der Waals surface area contributed by atoms with Crippen LogP contribution in [0.2, 0.25) is 0 Å². The molecule has 4 heteroatoms. The first kappa shape index (κ1) is 21.8. The number of fused-ring (bicyclic) bond motifs is 1. The monoisotopic (exact) mass is 425 g/mol. The minimum atomic E-state index is -0.0613. The third-order valence-corrected chi connectivity index (χ3v) is 5.82. The van der Waals surface area contributed by atoms with E-state index in [0.29, 0.717) is 5.92 Å². The van der Waals surface area contributed by atoms with Crippen molar-refractivity contribution < 1.29 is 4.79 Å². The van der Waals surface area contributed by atoms with Crippen LogP contribution in [-0.2, 0) is 16.8 Å². The summed E-state index contributed by atoms with van der Waals surface area (Å²) >= 11 is 0. The summed E-state index contributed by atoms with van der Waals surface area (Å²) in [7, 11) is 0. The molecule has 1 N–H and O–H groups in total. The summed E-state index contributed by atoms with van der Waals surface area (Å²) in [6, 6.07) is 24.5. The minimum Gasteiger partial charge on any atom is -0.324 e. The normalized spacial score (nSPS) is 11.8. The molecule has 0 bridgehead atoms. The van der Waals surface area contributed by atoms with Crippen molar-refractivity contribution in [2.24, 2.45) is 0 Å². The molecule has 4 rings (SSSR count). The Morgan fingerprint density at radius 1 is 0.938 bits per heavy atom. The Bertz CT molecular complexity index is 1240. The molecule has 0 radical (unpaired) electrons. The molecule has 0 saturated carbocycles. The highest BCUT2D eigenvalue weighted by Gasteiger charge is 2.18. The van der Waals surface area contributed by atoms with Gasteiger partial charge in [0.05, 0.1) is 11.0 Å². The van der Waals surface area contributed by atoms with Gasteiger partial charge >= 0.3 is 0 Å². The number of para-hydroxylation sites is 3. The van der Waals surface area contributed by atoms with Gasteiger partial charge in [0, 0.05) is 11.3 Å². The summed E-state index contributed by atoms with van der Waals surface area (Å²) in [5.74, 6) is 1.07. The smallest absolute Gasteiger partial charge is 0.244 e. The van der Waals surface area contributed by atoms with E-state index in [1.165, 1.54) is 5.56 Å². The van der Waals surface area contributed by atoms with Crippen LogP contribution in [0.4, 0.5) is 5.69 Å². The number of hydrogen-bond acceptors (Lipinski definition) is 2. The van der Waals surface area contributed by atoms with E-state index in [4.69, 9.17) is 4.98 Å². The second-order valence-electron chi connectivity index (χ2n) is 9.63. The lowest BCUT2D eigenvalue weighted by Crippen LogP contribution is -2.20. The van der Waals surface area contributed by atoms with Gasteiger partial charge in [0.2, 0.25) is 5.91 Å². The second kappa shape index (κ2) is 8.62. The number of nitrogens with zero attached hydrogens (tertiary/aromatic N) is 2. The molecule has 0 aliphatic rings. The Kier molecular flexibility index (Phi) is 5.88. The fourth-order valence-corrected chi connectivity index (χ4v) is 4.02. The van der Waals surface area contributed by atoms with E-state index in [1.807, 2.05) is 47.0 Å². The maximum absolute atomic E-state index is 13.1. The number of benzene rings is 3. The standard InChI is InChI=1S/C28H31N3O/c1-19(2)22-10-6-7-11-23(22)29-26(32)18-31-25-13-9-8-12-24(25)30-27(31)20-14-16-21(17-15-20)28(3,4)5/h6-17,19H,18H2,1-5H3,(H,29,32). The Balaban J connectivity index is 1.69. The van der Waals surface area contributed by atoms with Crippen molar-refractivity contribution in [2.75, 3.05) is 5.32 Å². The summed E-state index contributed by atoms with van der Waals surface area (Å²) in [5, 5.41) is 3.11. The van der Waals surface area contributed by atoms with Crippen LogP contribution in [0.3, 0.4) is 0 Å². The van der Waals surface area contributed by atoms with E-state index in [-0.39, 0.29) is 17.9 Å². The minimum absolute atomic E-state index is 0.0613. The largest absolute Gasteiger partial charge is 0.324 e. The van der Waals surface area contributed by atoms with Gasteiger partial charge in [-0.2, -0.15) is 0 Å². The van der Waals surface area contributed by atoms with Crippen molar-refractivity contribution >= 4 is 22.6 Å². The van der Waals surface area contributed by atoms with Crippen molar-refractivity contribution in [3.05, 3.63) is 83.9 Å². The van der Waals surface area contributed by atoms with Crippen molar-refractivity contribution in [3.8, 4) is 11.4 Å². The molecule has 0 aliphatic heterocycles. The number of nitrogens with one attached hydrogen (secondary N) is 1. The highest BCUT2D eigenvalue weighted by atomic mass is 16.1. The third-order valence-electron chi connectivity index (χ3n) is 5.82. The fraction of sp³-hybridized carbons (Fsp3) is 0.286. The fourth-order valence-electron chi connectivity index (χ4n) is 4.02. The molecule has 32 heavy (non-hydrogen) atoms. The zero-order valence-electron chi connectivity index (χ0n) is 19.5. The molecule has 0 aliphatic carbocycles. The van der Waals surface area contributed by atoms with Crippen LogP contribution in [0.25, 0.3) is 22.4 Å². The maximum atomic E-state index is 13.1. The second-order valence-corrected chi connectivity index (χ2v) is 9.63. The van der Waals surface area contributed by atoms with Gasteiger partial charge < -0.3 is 9.88 Å². The number of carbonyl (C=O) groups excluding carboxylic acids is 1. The average Bonchev–Trinajstić information content (AvgIpc) is 3.12. The van der Waals surface area contributed by atoms with Crippen LogP contribution in [0.1, 0.15) is 51.7 Å². The number of hydrogen-bond donors (Lipinski definition) is 1. The molecule has 164 valence electrons. The average molecular weight is 426 g/mol. The maximum Gasteiger partial charge on any atom is 0.244 e. The Labute approximate surface area is 190 Å². The van der Waals surface area contributed by atoms with Gasteiger partial charge in [0.25, 0.3) is 0 Å². The predicted molar refractivity (Wildman–Crippen MR) is 133 cm³/mol. The van der Waals surface area contributed by atoms with Crippen LogP contribution < -0.4 is 5.32 Å². The topological polar surface area (TPSA) is 46.9 Å². The Hall–Kier alpha value is -3.40. The number of amides is 1. The highest BCUT2D eigenvalue weighted by Crippen LogP contribution is 2.29. The molecule has 0 fully saturated rings. The van der Waals surface area contributed by atoms with E-state index in [1.54, 1.807) is 0 Å². The zero-order valence-corrected chi connectivity index (χ0v) is 19.5. The predicted octanol–water partition coefficient (Wildman–Crippen LogP) is 6.76. The first-order chi connectivity index (χ1) is 15.2. The molecule has 1 aromatic heterocycles. The van der Waals surface area contributed by atoms with Gasteiger partial charge in [-0.05, 0) is 40.7 Å². The van der Waals surface area contributed by atoms with Gasteiger partial charge in [0.15, 0.2) is 0 Å². The lowest BCUT2D eigenvalue weighted by molar-refractivity contribution is -0.116. The lowest BCUT2D eigenvalue weighted by atomic mass is 9.87. The van der Waals surface area contributed by atoms with Crippen LogP contribution in [0.5, 0.6) is 0 Å². The van der Waals surface area contributed by atoms with Gasteiger partial charge in [-0.15, -0.1) is 0 Å². The first-order valence-electron chi connectivity index (χ1n) is 11.2. The van der Waals surface area contributed by atoms with Crippen LogP contribution >= 0.6 is 0 Å². The molecule has 1 amide bonds. The highest BCUT2D eigenvalue weighted by molar-refractivity contribution is 5.93. The number of anilines is 1. The molecular weight excluding hydrogens is 394 g/mol. The molecule has 0 atom stereocenters. The molecule has 3 aromatic carbocycles. The molecule has 4 aromatic rings. The van der Waals surface area contributed by atoms with Gasteiger partial charge in [0.1, 0.15) is 12.4 Å². The van der Waals surface area contributed by atoms with Crippen molar-refractivity contribution in [3.63, 3.8) is 0 Å². The van der Waals surface area contributed by atoms with E-state index in [0.717, 1.165) is 33.7 Å². The number of rotatable bonds is 5. The van der Waals surface area contributed by atoms with Gasteiger partial charge in [-0.1, -0.05) is 89.2 Å². The molecule has 1 heterocycles.